The number of aryl methyl sites for hydroxylation is 1. The molecule has 1 fully saturated rings. The second-order valence-electron chi connectivity index (χ2n) is 4.93. The van der Waals surface area contributed by atoms with Crippen molar-refractivity contribution < 1.29 is 4.42 Å². The number of hydrogen-bond donors (Lipinski definition) is 2. The second-order valence-corrected chi connectivity index (χ2v) is 5.87. The van der Waals surface area contributed by atoms with Crippen molar-refractivity contribution in [2.24, 2.45) is 0 Å². The van der Waals surface area contributed by atoms with Crippen LogP contribution in [0.5, 0.6) is 0 Å². The molecule has 1 aliphatic heterocycles. The summed E-state index contributed by atoms with van der Waals surface area (Å²) in [5, 5.41) is 13.8. The summed E-state index contributed by atoms with van der Waals surface area (Å²) in [5.41, 5.74) is 2.03. The molecule has 1 aliphatic rings. The topological polar surface area (TPSA) is 92.5 Å². The smallest absolute Gasteiger partial charge is 0.282 e. The molecule has 3 aromatic heterocycles. The average molecular weight is 302 g/mol. The molecule has 0 saturated carbocycles. The van der Waals surface area contributed by atoms with Crippen molar-refractivity contribution in [1.29, 1.82) is 0 Å². The summed E-state index contributed by atoms with van der Waals surface area (Å²) in [5.74, 6) is 1.04. The van der Waals surface area contributed by atoms with Crippen molar-refractivity contribution in [2.75, 3.05) is 13.1 Å². The van der Waals surface area contributed by atoms with Gasteiger partial charge in [0.15, 0.2) is 0 Å². The van der Waals surface area contributed by atoms with Crippen molar-refractivity contribution in [3.05, 3.63) is 24.0 Å². The van der Waals surface area contributed by atoms with Crippen molar-refractivity contribution in [1.82, 2.24) is 30.5 Å². The molecule has 21 heavy (non-hydrogen) atoms. The summed E-state index contributed by atoms with van der Waals surface area (Å²) in [4.78, 5) is 11.8. The van der Waals surface area contributed by atoms with E-state index in [1.807, 2.05) is 6.20 Å². The zero-order valence-electron chi connectivity index (χ0n) is 11.5. The zero-order valence-corrected chi connectivity index (χ0v) is 12.3. The Hall–Kier alpha value is -1.93. The third kappa shape index (κ3) is 2.20. The monoisotopic (exact) mass is 302 g/mol. The van der Waals surface area contributed by atoms with E-state index in [4.69, 9.17) is 4.42 Å². The Balaban J connectivity index is 1.67. The Morgan fingerprint density at radius 1 is 1.33 bits per heavy atom. The highest BCUT2D eigenvalue weighted by molar-refractivity contribution is 7.99. The molecule has 1 saturated heterocycles. The third-order valence-corrected chi connectivity index (χ3v) is 4.48. The number of hydrogen-bond acceptors (Lipinski definition) is 7. The Bertz CT molecular complexity index is 778. The lowest BCUT2D eigenvalue weighted by Gasteiger charge is -2.22. The minimum atomic E-state index is 0.343. The zero-order chi connectivity index (χ0) is 14.2. The first-order chi connectivity index (χ1) is 10.3. The molecule has 0 spiro atoms. The molecule has 108 valence electrons. The van der Waals surface area contributed by atoms with Crippen LogP contribution in [0.3, 0.4) is 0 Å². The average Bonchev–Trinajstić information content (AvgIpc) is 3.04. The number of rotatable bonds is 4. The molecule has 0 atom stereocenters. The molecule has 3 aromatic rings. The van der Waals surface area contributed by atoms with Crippen LogP contribution in [0, 0.1) is 0 Å². The molecular weight excluding hydrogens is 288 g/mol. The van der Waals surface area contributed by atoms with E-state index in [1.165, 1.54) is 17.3 Å². The van der Waals surface area contributed by atoms with Gasteiger partial charge in [0.2, 0.25) is 5.89 Å². The molecule has 7 nitrogen and oxygen atoms in total. The standard InChI is InChI=1S/C13H14N6OS/c1-2-7-5-15-10-9(7)12(17-6-16-10)21-13-19-18-11(20-13)8-3-14-4-8/h5-6,8,14H,2-4H2,1H3,(H,15,16,17). The minimum Gasteiger partial charge on any atom is -0.415 e. The Morgan fingerprint density at radius 3 is 3.00 bits per heavy atom. The maximum atomic E-state index is 5.72. The lowest BCUT2D eigenvalue weighted by Crippen LogP contribution is -2.40. The minimum absolute atomic E-state index is 0.343. The molecule has 0 radical (unpaired) electrons. The highest BCUT2D eigenvalue weighted by Gasteiger charge is 2.25. The van der Waals surface area contributed by atoms with Gasteiger partial charge >= 0.3 is 0 Å². The first kappa shape index (κ1) is 12.8. The highest BCUT2D eigenvalue weighted by atomic mass is 32.2. The summed E-state index contributed by atoms with van der Waals surface area (Å²) in [6.45, 7) is 3.92. The summed E-state index contributed by atoms with van der Waals surface area (Å²) in [7, 11) is 0. The molecule has 8 heteroatoms. The summed E-state index contributed by atoms with van der Waals surface area (Å²) >= 11 is 1.39. The van der Waals surface area contributed by atoms with Crippen LogP contribution < -0.4 is 5.32 Å². The molecule has 0 aromatic carbocycles. The molecule has 0 unspecified atom stereocenters. The van der Waals surface area contributed by atoms with Gasteiger partial charge in [-0.05, 0) is 23.7 Å². The van der Waals surface area contributed by atoms with Crippen molar-refractivity contribution in [2.45, 2.75) is 29.5 Å². The van der Waals surface area contributed by atoms with Crippen LogP contribution in [0.25, 0.3) is 11.0 Å². The summed E-state index contributed by atoms with van der Waals surface area (Å²) in [6, 6.07) is 0. The predicted molar refractivity (Wildman–Crippen MR) is 77.3 cm³/mol. The van der Waals surface area contributed by atoms with Crippen LogP contribution in [-0.2, 0) is 6.42 Å². The maximum Gasteiger partial charge on any atom is 0.282 e. The van der Waals surface area contributed by atoms with E-state index < -0.39 is 0 Å². The van der Waals surface area contributed by atoms with Crippen LogP contribution in [-0.4, -0.2) is 38.2 Å². The van der Waals surface area contributed by atoms with E-state index >= 15 is 0 Å². The quantitative estimate of drug-likeness (QED) is 0.709. The predicted octanol–water partition coefficient (Wildman–Crippen LogP) is 1.74. The molecule has 2 N–H and O–H groups in total. The van der Waals surface area contributed by atoms with Gasteiger partial charge in [0.25, 0.3) is 5.22 Å². The molecule has 0 aliphatic carbocycles. The van der Waals surface area contributed by atoms with Gasteiger partial charge in [-0.3, -0.25) is 0 Å². The Kier molecular flexibility index (Phi) is 3.12. The number of nitrogens with zero attached hydrogens (tertiary/aromatic N) is 4. The van der Waals surface area contributed by atoms with E-state index in [2.05, 4.69) is 37.4 Å². The normalized spacial score (nSPS) is 15.5. The van der Waals surface area contributed by atoms with Crippen LogP contribution >= 0.6 is 11.8 Å². The molecule has 4 rings (SSSR count). The number of nitrogens with one attached hydrogen (secondary N) is 2. The van der Waals surface area contributed by atoms with Crippen molar-refractivity contribution in [3.63, 3.8) is 0 Å². The van der Waals surface area contributed by atoms with E-state index in [0.717, 1.165) is 35.6 Å². The summed E-state index contributed by atoms with van der Waals surface area (Å²) in [6.07, 6.45) is 4.44. The highest BCUT2D eigenvalue weighted by Crippen LogP contribution is 2.33. The lowest BCUT2D eigenvalue weighted by molar-refractivity contribution is 0.328. The number of aromatic amines is 1. The van der Waals surface area contributed by atoms with Gasteiger partial charge in [0, 0.05) is 19.3 Å². The van der Waals surface area contributed by atoms with Gasteiger partial charge in [-0.25, -0.2) is 9.97 Å². The van der Waals surface area contributed by atoms with E-state index in [9.17, 15) is 0 Å². The van der Waals surface area contributed by atoms with Crippen LogP contribution in [0.2, 0.25) is 0 Å². The Labute approximate surface area is 125 Å². The first-order valence-electron chi connectivity index (χ1n) is 6.88. The van der Waals surface area contributed by atoms with Gasteiger partial charge in [-0.2, -0.15) is 0 Å². The van der Waals surface area contributed by atoms with Crippen molar-refractivity contribution in [3.8, 4) is 0 Å². The van der Waals surface area contributed by atoms with Gasteiger partial charge in [0.05, 0.1) is 11.3 Å². The second kappa shape index (κ2) is 5.12. The number of fused-ring (bicyclic) bond motifs is 1. The van der Waals surface area contributed by atoms with Gasteiger partial charge < -0.3 is 14.7 Å². The SMILES string of the molecule is CCc1c[nH]c2ncnc(Sc3nnc(C4CNC4)o3)c12. The lowest BCUT2D eigenvalue weighted by atomic mass is 10.0. The van der Waals surface area contributed by atoms with Crippen LogP contribution in [0.1, 0.15) is 24.3 Å². The molecule has 0 bridgehead atoms. The van der Waals surface area contributed by atoms with Gasteiger partial charge in [0.1, 0.15) is 17.0 Å². The van der Waals surface area contributed by atoms with Gasteiger partial charge in [-0.15, -0.1) is 10.2 Å². The summed E-state index contributed by atoms with van der Waals surface area (Å²) < 4.78 is 5.72. The fourth-order valence-corrected chi connectivity index (χ4v) is 3.13. The number of H-pyrrole nitrogens is 1. The number of aromatic nitrogens is 5. The first-order valence-corrected chi connectivity index (χ1v) is 7.69. The van der Waals surface area contributed by atoms with E-state index in [1.54, 1.807) is 6.33 Å². The largest absolute Gasteiger partial charge is 0.415 e. The van der Waals surface area contributed by atoms with E-state index in [0.29, 0.717) is 17.0 Å². The van der Waals surface area contributed by atoms with Crippen LogP contribution in [0.4, 0.5) is 0 Å². The molecule has 0 amide bonds. The fraction of sp³-hybridized carbons (Fsp3) is 0.385. The van der Waals surface area contributed by atoms with Gasteiger partial charge in [-0.1, -0.05) is 6.92 Å². The van der Waals surface area contributed by atoms with Crippen LogP contribution in [0.15, 0.2) is 27.2 Å². The molecule has 4 heterocycles. The van der Waals surface area contributed by atoms with Crippen molar-refractivity contribution >= 4 is 22.8 Å². The Morgan fingerprint density at radius 2 is 2.24 bits per heavy atom. The fourth-order valence-electron chi connectivity index (χ4n) is 2.32. The third-order valence-electron chi connectivity index (χ3n) is 3.63. The van der Waals surface area contributed by atoms with E-state index in [-0.39, 0.29) is 0 Å². The molecular formula is C13H14N6OS. The maximum absolute atomic E-state index is 5.72.